The van der Waals surface area contributed by atoms with Crippen LogP contribution in [0, 0.1) is 11.6 Å². The van der Waals surface area contributed by atoms with Gasteiger partial charge in [-0.15, -0.1) is 0 Å². The van der Waals surface area contributed by atoms with Crippen LogP contribution in [0.25, 0.3) is 10.2 Å². The highest BCUT2D eigenvalue weighted by atomic mass is 32.1. The van der Waals surface area contributed by atoms with E-state index in [2.05, 4.69) is 4.99 Å². The van der Waals surface area contributed by atoms with Crippen molar-refractivity contribution in [3.63, 3.8) is 0 Å². The summed E-state index contributed by atoms with van der Waals surface area (Å²) in [5.74, 6) is -3.10. The Morgan fingerprint density at radius 3 is 2.69 bits per heavy atom. The summed E-state index contributed by atoms with van der Waals surface area (Å²) in [6, 6.07) is 9.88. The van der Waals surface area contributed by atoms with Crippen molar-refractivity contribution >= 4 is 33.4 Å². The molecule has 134 valence electrons. The molecule has 0 aliphatic carbocycles. The van der Waals surface area contributed by atoms with Crippen LogP contribution in [0.3, 0.4) is 0 Å². The number of benzene rings is 2. The molecule has 0 spiro atoms. The molecule has 0 aliphatic heterocycles. The molecular formula is C18H14F2N2O3S. The Morgan fingerprint density at radius 2 is 1.96 bits per heavy atom. The van der Waals surface area contributed by atoms with Gasteiger partial charge in [0.05, 0.1) is 22.4 Å². The number of rotatable bonds is 4. The molecule has 1 aromatic heterocycles. The zero-order valence-electron chi connectivity index (χ0n) is 13.7. The number of halogens is 2. The highest BCUT2D eigenvalue weighted by Gasteiger charge is 2.15. The first kappa shape index (κ1) is 17.9. The fourth-order valence-electron chi connectivity index (χ4n) is 2.40. The van der Waals surface area contributed by atoms with Gasteiger partial charge >= 0.3 is 5.97 Å². The van der Waals surface area contributed by atoms with Gasteiger partial charge in [-0.05, 0) is 31.2 Å². The molecule has 0 aliphatic rings. The Labute approximate surface area is 151 Å². The van der Waals surface area contributed by atoms with Crippen molar-refractivity contribution in [1.29, 1.82) is 0 Å². The van der Waals surface area contributed by atoms with Crippen LogP contribution in [0.2, 0.25) is 0 Å². The average Bonchev–Trinajstić information content (AvgIpc) is 2.92. The van der Waals surface area contributed by atoms with Crippen LogP contribution in [-0.2, 0) is 16.1 Å². The lowest BCUT2D eigenvalue weighted by Gasteiger charge is -2.05. The van der Waals surface area contributed by atoms with E-state index in [9.17, 15) is 18.4 Å². The van der Waals surface area contributed by atoms with Crippen LogP contribution in [0.15, 0.2) is 47.5 Å². The molecule has 0 fully saturated rings. The molecule has 1 heterocycles. The summed E-state index contributed by atoms with van der Waals surface area (Å²) < 4.78 is 34.1. The first-order valence-corrected chi connectivity index (χ1v) is 8.59. The van der Waals surface area contributed by atoms with E-state index in [1.165, 1.54) is 15.9 Å². The number of carbonyl (C=O) groups is 2. The molecule has 0 radical (unpaired) electrons. The number of fused-ring (bicyclic) bond motifs is 1. The molecule has 8 heteroatoms. The van der Waals surface area contributed by atoms with E-state index in [1.807, 2.05) is 12.1 Å². The molecule has 3 aromatic rings. The van der Waals surface area contributed by atoms with Crippen LogP contribution in [-0.4, -0.2) is 23.1 Å². The molecule has 0 atom stereocenters. The minimum absolute atomic E-state index is 0.129. The second kappa shape index (κ2) is 7.57. The van der Waals surface area contributed by atoms with Crippen LogP contribution in [0.5, 0.6) is 0 Å². The van der Waals surface area contributed by atoms with Gasteiger partial charge in [0.25, 0.3) is 5.91 Å². The normalized spacial score (nSPS) is 11.7. The number of thiazole rings is 1. The molecule has 0 N–H and O–H groups in total. The lowest BCUT2D eigenvalue weighted by atomic mass is 10.2. The van der Waals surface area contributed by atoms with E-state index < -0.39 is 23.5 Å². The Hall–Kier alpha value is -2.87. The van der Waals surface area contributed by atoms with E-state index >= 15 is 0 Å². The van der Waals surface area contributed by atoms with Crippen LogP contribution in [0.1, 0.15) is 17.3 Å². The van der Waals surface area contributed by atoms with E-state index in [1.54, 1.807) is 19.1 Å². The van der Waals surface area contributed by atoms with E-state index in [-0.39, 0.29) is 23.5 Å². The maximum Gasteiger partial charge on any atom is 0.326 e. The van der Waals surface area contributed by atoms with E-state index in [4.69, 9.17) is 4.74 Å². The molecule has 1 amide bonds. The molecule has 2 aromatic carbocycles. The van der Waals surface area contributed by atoms with Crippen molar-refractivity contribution < 1.29 is 23.1 Å². The monoisotopic (exact) mass is 376 g/mol. The number of para-hydroxylation sites is 1. The van der Waals surface area contributed by atoms with E-state index in [0.717, 1.165) is 16.8 Å². The van der Waals surface area contributed by atoms with Gasteiger partial charge in [-0.3, -0.25) is 9.59 Å². The zero-order valence-corrected chi connectivity index (χ0v) is 14.6. The number of aromatic nitrogens is 1. The maximum atomic E-state index is 13.8. The number of hydrogen-bond acceptors (Lipinski definition) is 4. The molecule has 3 rings (SSSR count). The predicted octanol–water partition coefficient (Wildman–Crippen LogP) is 3.29. The number of amides is 1. The third-order valence-electron chi connectivity index (χ3n) is 3.54. The van der Waals surface area contributed by atoms with Gasteiger partial charge in [-0.1, -0.05) is 23.5 Å². The quantitative estimate of drug-likeness (QED) is 0.657. The van der Waals surface area contributed by atoms with Crippen LogP contribution in [0.4, 0.5) is 8.78 Å². The Balaban J connectivity index is 2.09. The van der Waals surface area contributed by atoms with Gasteiger partial charge in [-0.25, -0.2) is 8.78 Å². The highest BCUT2D eigenvalue weighted by molar-refractivity contribution is 7.16. The van der Waals surface area contributed by atoms with Crippen molar-refractivity contribution in [1.82, 2.24) is 4.57 Å². The maximum absolute atomic E-state index is 13.8. The summed E-state index contributed by atoms with van der Waals surface area (Å²) in [7, 11) is 0. The fourth-order valence-corrected chi connectivity index (χ4v) is 3.43. The predicted molar refractivity (Wildman–Crippen MR) is 92.7 cm³/mol. The van der Waals surface area contributed by atoms with Crippen LogP contribution >= 0.6 is 11.3 Å². The minimum atomic E-state index is -0.989. The molecule has 0 unspecified atom stereocenters. The first-order valence-electron chi connectivity index (χ1n) is 7.77. The van der Waals surface area contributed by atoms with Gasteiger partial charge < -0.3 is 9.30 Å². The largest absolute Gasteiger partial charge is 0.465 e. The smallest absolute Gasteiger partial charge is 0.326 e. The number of hydrogen-bond donors (Lipinski definition) is 0. The zero-order chi connectivity index (χ0) is 18.7. The van der Waals surface area contributed by atoms with Crippen molar-refractivity contribution in [2.45, 2.75) is 13.5 Å². The van der Waals surface area contributed by atoms with Crippen molar-refractivity contribution in [2.24, 2.45) is 4.99 Å². The molecular weight excluding hydrogens is 362 g/mol. The third-order valence-corrected chi connectivity index (χ3v) is 4.60. The van der Waals surface area contributed by atoms with Gasteiger partial charge in [-0.2, -0.15) is 4.99 Å². The number of ether oxygens (including phenoxy) is 1. The molecule has 0 bridgehead atoms. The standard InChI is InChI=1S/C18H14F2N2O3S/c1-2-25-16(23)10-22-14-5-3-4-6-15(14)26-18(22)21-17(24)12-8-7-11(19)9-13(12)20/h3-9H,2,10H2,1H3. The average molecular weight is 376 g/mol. The van der Waals surface area contributed by atoms with Gasteiger partial charge in [0, 0.05) is 6.07 Å². The molecule has 5 nitrogen and oxygen atoms in total. The van der Waals surface area contributed by atoms with Crippen LogP contribution < -0.4 is 4.80 Å². The SMILES string of the molecule is CCOC(=O)Cn1c(=NC(=O)c2ccc(F)cc2F)sc2ccccc21. The van der Waals surface area contributed by atoms with Crippen molar-refractivity contribution in [3.8, 4) is 0 Å². The summed E-state index contributed by atoms with van der Waals surface area (Å²) in [4.78, 5) is 28.4. The fraction of sp³-hybridized carbons (Fsp3) is 0.167. The summed E-state index contributed by atoms with van der Waals surface area (Å²) >= 11 is 1.19. The van der Waals surface area contributed by atoms with Crippen molar-refractivity contribution in [2.75, 3.05) is 6.61 Å². The summed E-state index contributed by atoms with van der Waals surface area (Å²) in [6.45, 7) is 1.80. The molecule has 0 saturated carbocycles. The summed E-state index contributed by atoms with van der Waals surface area (Å²) in [5.41, 5.74) is 0.364. The van der Waals surface area contributed by atoms with E-state index in [0.29, 0.717) is 11.6 Å². The number of nitrogens with zero attached hydrogens (tertiary/aromatic N) is 2. The van der Waals surface area contributed by atoms with Gasteiger partial charge in [0.2, 0.25) is 0 Å². The molecule has 0 saturated heterocycles. The highest BCUT2D eigenvalue weighted by Crippen LogP contribution is 2.17. The minimum Gasteiger partial charge on any atom is -0.465 e. The second-order valence-electron chi connectivity index (χ2n) is 5.28. The summed E-state index contributed by atoms with van der Waals surface area (Å²) in [5, 5.41) is 0. The van der Waals surface area contributed by atoms with Gasteiger partial charge in [0.15, 0.2) is 4.80 Å². The summed E-state index contributed by atoms with van der Waals surface area (Å²) in [6.07, 6.45) is 0. The first-order chi connectivity index (χ1) is 12.5. The Bertz CT molecular complexity index is 1060. The lowest BCUT2D eigenvalue weighted by molar-refractivity contribution is -0.143. The number of esters is 1. The van der Waals surface area contributed by atoms with Crippen molar-refractivity contribution in [3.05, 3.63) is 64.5 Å². The second-order valence-corrected chi connectivity index (χ2v) is 6.29. The topological polar surface area (TPSA) is 60.7 Å². The Morgan fingerprint density at radius 1 is 1.19 bits per heavy atom. The van der Waals surface area contributed by atoms with Gasteiger partial charge in [0.1, 0.15) is 18.2 Å². The lowest BCUT2D eigenvalue weighted by Crippen LogP contribution is -2.23. The third kappa shape index (κ3) is 3.70. The number of carbonyl (C=O) groups excluding carboxylic acids is 2. The molecule has 26 heavy (non-hydrogen) atoms. The Kier molecular flexibility index (Phi) is 5.22.